The van der Waals surface area contributed by atoms with Gasteiger partial charge in [0.15, 0.2) is 5.11 Å². The minimum atomic E-state index is -6.00. The summed E-state index contributed by atoms with van der Waals surface area (Å²) >= 11 is 5.24. The molecule has 0 unspecified atom stereocenters. The van der Waals surface area contributed by atoms with Gasteiger partial charge >= 0.3 is 7.25 Å². The van der Waals surface area contributed by atoms with Crippen molar-refractivity contribution in [2.45, 2.75) is 20.0 Å². The van der Waals surface area contributed by atoms with E-state index in [4.69, 9.17) is 12.2 Å². The zero-order chi connectivity index (χ0) is 25.1. The molecule has 1 aromatic heterocycles. The topological polar surface area (TPSA) is 62.0 Å². The lowest BCUT2D eigenvalue weighted by Crippen LogP contribution is -2.38. The van der Waals surface area contributed by atoms with Crippen LogP contribution in [0, 0.1) is 6.92 Å². The van der Waals surface area contributed by atoms with E-state index in [1.165, 1.54) is 5.56 Å². The van der Waals surface area contributed by atoms with Crippen molar-refractivity contribution in [3.05, 3.63) is 83.9 Å². The molecule has 182 valence electrons. The lowest BCUT2D eigenvalue weighted by atomic mass is 10.1. The number of benzene rings is 2. The Labute approximate surface area is 201 Å². The van der Waals surface area contributed by atoms with Gasteiger partial charge in [0.25, 0.3) is 0 Å². The summed E-state index contributed by atoms with van der Waals surface area (Å²) in [5.74, 6) is -0.109. The van der Waals surface area contributed by atoms with Crippen molar-refractivity contribution in [3.63, 3.8) is 0 Å². The first kappa shape index (κ1) is 26.8. The van der Waals surface area contributed by atoms with Crippen LogP contribution >= 0.6 is 12.2 Å². The number of carbonyl (C=O) groups excluding carboxylic acids is 1. The number of nitrogens with one attached hydrogen (secondary N) is 3. The fraction of sp³-hybridized carbons (Fsp3) is 0.227. The van der Waals surface area contributed by atoms with Crippen LogP contribution < -0.4 is 20.5 Å². The second-order valence-corrected chi connectivity index (χ2v) is 7.92. The number of imidazole rings is 1. The van der Waals surface area contributed by atoms with E-state index in [0.29, 0.717) is 11.7 Å². The average Bonchev–Trinajstić information content (AvgIpc) is 3.15. The highest BCUT2D eigenvalue weighted by atomic mass is 32.1. The number of anilines is 1. The molecule has 0 aliphatic heterocycles. The number of halogens is 4. The standard InChI is InChI=1S/C22H25N5OS.BF4/c1-17-4-3-5-20(12-17)25-22(29)24-14-21(28)23-13-18-6-8-19(9-7-18)15-27-11-10-26(2)16-27;2-1(3,4)5/h3-12,16H,13-15H2,1-2H3,(H2-,23,24,25,28,29);/q;-1/p+1. The molecular weight excluding hydrogens is 469 g/mol. The maximum Gasteiger partial charge on any atom is 0.673 e. The third kappa shape index (κ3) is 11.5. The highest BCUT2D eigenvalue weighted by Gasteiger charge is 2.20. The molecule has 34 heavy (non-hydrogen) atoms. The van der Waals surface area contributed by atoms with Gasteiger partial charge < -0.3 is 33.2 Å². The second kappa shape index (κ2) is 12.7. The van der Waals surface area contributed by atoms with Gasteiger partial charge in [-0.1, -0.05) is 36.4 Å². The number of nitrogens with zero attached hydrogens (tertiary/aromatic N) is 2. The first-order valence-electron chi connectivity index (χ1n) is 10.3. The molecule has 3 N–H and O–H groups in total. The number of carbonyl (C=O) groups is 1. The summed E-state index contributed by atoms with van der Waals surface area (Å²) < 4.78 is 43.1. The van der Waals surface area contributed by atoms with Gasteiger partial charge in [0.1, 0.15) is 18.9 Å². The molecule has 3 aromatic rings. The number of amides is 1. The van der Waals surface area contributed by atoms with Crippen LogP contribution in [0.1, 0.15) is 16.7 Å². The lowest BCUT2D eigenvalue weighted by Gasteiger charge is -2.11. The Kier molecular flexibility index (Phi) is 10.1. The fourth-order valence-corrected chi connectivity index (χ4v) is 3.08. The van der Waals surface area contributed by atoms with Crippen molar-refractivity contribution in [3.8, 4) is 0 Å². The minimum absolute atomic E-state index is 0.109. The molecular formula is C22H26BF4N5OS. The van der Waals surface area contributed by atoms with Crippen LogP contribution in [-0.4, -0.2) is 29.4 Å². The van der Waals surface area contributed by atoms with Gasteiger partial charge in [0, 0.05) is 12.2 Å². The van der Waals surface area contributed by atoms with Gasteiger partial charge in [0.2, 0.25) is 12.2 Å². The van der Waals surface area contributed by atoms with Crippen LogP contribution in [0.3, 0.4) is 0 Å². The van der Waals surface area contributed by atoms with Crippen molar-refractivity contribution in [1.29, 1.82) is 0 Å². The van der Waals surface area contributed by atoms with Crippen molar-refractivity contribution in [2.75, 3.05) is 11.9 Å². The van der Waals surface area contributed by atoms with Gasteiger partial charge in [-0.25, -0.2) is 9.13 Å². The number of aromatic nitrogens is 2. The Bertz CT molecular complexity index is 1080. The zero-order valence-corrected chi connectivity index (χ0v) is 19.6. The van der Waals surface area contributed by atoms with E-state index in [1.807, 2.05) is 73.7 Å². The van der Waals surface area contributed by atoms with Crippen molar-refractivity contribution >= 4 is 36.2 Å². The molecule has 0 radical (unpaired) electrons. The maximum absolute atomic E-state index is 12.1. The molecule has 0 saturated carbocycles. The molecule has 1 amide bonds. The van der Waals surface area contributed by atoms with Crippen molar-refractivity contribution in [2.24, 2.45) is 7.05 Å². The molecule has 0 fully saturated rings. The van der Waals surface area contributed by atoms with Crippen molar-refractivity contribution in [1.82, 2.24) is 15.2 Å². The summed E-state index contributed by atoms with van der Waals surface area (Å²) in [6.45, 7) is 3.45. The summed E-state index contributed by atoms with van der Waals surface area (Å²) in [5.41, 5.74) is 4.31. The molecule has 6 nitrogen and oxygen atoms in total. The van der Waals surface area contributed by atoms with Gasteiger partial charge in [-0.05, 0) is 48.0 Å². The number of hydrogen-bond acceptors (Lipinski definition) is 2. The molecule has 12 heteroatoms. The van der Waals surface area contributed by atoms with E-state index in [2.05, 4.69) is 32.7 Å². The monoisotopic (exact) mass is 495 g/mol. The van der Waals surface area contributed by atoms with E-state index < -0.39 is 7.25 Å². The van der Waals surface area contributed by atoms with E-state index in [1.54, 1.807) is 0 Å². The van der Waals surface area contributed by atoms with Crippen LogP contribution in [0.25, 0.3) is 0 Å². The van der Waals surface area contributed by atoms with Gasteiger partial charge in [-0.15, -0.1) is 0 Å². The Morgan fingerprint density at radius 3 is 2.29 bits per heavy atom. The number of hydrogen-bond donors (Lipinski definition) is 3. The summed E-state index contributed by atoms with van der Waals surface area (Å²) in [5, 5.41) is 9.33. The molecule has 0 spiro atoms. The van der Waals surface area contributed by atoms with E-state index in [9.17, 15) is 22.1 Å². The number of rotatable bonds is 7. The predicted molar refractivity (Wildman–Crippen MR) is 129 cm³/mol. The Hall–Kier alpha value is -3.41. The third-order valence-corrected chi connectivity index (χ3v) is 4.63. The highest BCUT2D eigenvalue weighted by molar-refractivity contribution is 7.80. The van der Waals surface area contributed by atoms with E-state index in [0.717, 1.165) is 23.4 Å². The Morgan fingerprint density at radius 2 is 1.71 bits per heavy atom. The Balaban J connectivity index is 0.000000739. The first-order valence-corrected chi connectivity index (χ1v) is 10.7. The first-order chi connectivity index (χ1) is 16.0. The molecule has 0 aliphatic carbocycles. The third-order valence-electron chi connectivity index (χ3n) is 4.39. The van der Waals surface area contributed by atoms with Crippen LogP contribution in [0.15, 0.2) is 67.3 Å². The van der Waals surface area contributed by atoms with Gasteiger partial charge in [-0.2, -0.15) is 0 Å². The molecule has 2 aromatic carbocycles. The maximum atomic E-state index is 12.1. The summed E-state index contributed by atoms with van der Waals surface area (Å²) in [4.78, 5) is 12.1. The van der Waals surface area contributed by atoms with Crippen LogP contribution in [0.2, 0.25) is 0 Å². The molecule has 0 aliphatic rings. The zero-order valence-electron chi connectivity index (χ0n) is 18.8. The SMILES string of the molecule is Cc1cccc(NC(=S)NCC(=O)NCc2ccc(Cn3cc[n+](C)c3)cc2)c1.F[B-](F)(F)F. The van der Waals surface area contributed by atoms with Crippen molar-refractivity contribution < 1.29 is 26.6 Å². The smallest absolute Gasteiger partial charge is 0.418 e. The fourth-order valence-electron chi connectivity index (χ4n) is 2.89. The Morgan fingerprint density at radius 1 is 1.06 bits per heavy atom. The summed E-state index contributed by atoms with van der Waals surface area (Å²) in [6.07, 6.45) is 6.10. The normalized spacial score (nSPS) is 10.6. The molecule has 0 bridgehead atoms. The predicted octanol–water partition coefficient (Wildman–Crippen LogP) is 3.57. The largest absolute Gasteiger partial charge is 0.673 e. The lowest BCUT2D eigenvalue weighted by molar-refractivity contribution is -0.671. The van der Waals surface area contributed by atoms with Crippen LogP contribution in [0.4, 0.5) is 23.0 Å². The van der Waals surface area contributed by atoms with Crippen LogP contribution in [-0.2, 0) is 24.9 Å². The quantitative estimate of drug-likeness (QED) is 0.203. The minimum Gasteiger partial charge on any atom is -0.418 e. The molecule has 3 rings (SSSR count). The van der Waals surface area contributed by atoms with Crippen LogP contribution in [0.5, 0.6) is 0 Å². The summed E-state index contributed by atoms with van der Waals surface area (Å²) in [6, 6.07) is 16.1. The van der Waals surface area contributed by atoms with E-state index >= 15 is 0 Å². The van der Waals surface area contributed by atoms with Gasteiger partial charge in [0.05, 0.1) is 13.6 Å². The number of aryl methyl sites for hydroxylation is 2. The van der Waals surface area contributed by atoms with E-state index in [-0.39, 0.29) is 12.5 Å². The highest BCUT2D eigenvalue weighted by Crippen LogP contribution is 2.09. The molecule has 0 saturated heterocycles. The average molecular weight is 495 g/mol. The number of thiocarbonyl (C=S) groups is 1. The molecule has 0 atom stereocenters. The van der Waals surface area contributed by atoms with Gasteiger partial charge in [-0.3, -0.25) is 4.79 Å². The summed E-state index contributed by atoms with van der Waals surface area (Å²) in [7, 11) is -4.00. The second-order valence-electron chi connectivity index (χ2n) is 7.52. The molecule has 1 heterocycles.